The lowest BCUT2D eigenvalue weighted by Gasteiger charge is -2.41. The Labute approximate surface area is 162 Å². The van der Waals surface area contributed by atoms with Crippen LogP contribution in [0.1, 0.15) is 43.5 Å². The highest BCUT2D eigenvalue weighted by atomic mass is 16.3. The monoisotopic (exact) mass is 384 g/mol. The van der Waals surface area contributed by atoms with Crippen molar-refractivity contribution in [3.8, 4) is 11.4 Å². The van der Waals surface area contributed by atoms with Crippen molar-refractivity contribution in [2.75, 3.05) is 19.6 Å². The van der Waals surface area contributed by atoms with Crippen LogP contribution >= 0.6 is 0 Å². The first-order valence-corrected chi connectivity index (χ1v) is 9.58. The van der Waals surface area contributed by atoms with Gasteiger partial charge in [0.05, 0.1) is 16.7 Å². The largest absolute Gasteiger partial charge is 0.507 e. The van der Waals surface area contributed by atoms with Gasteiger partial charge in [-0.3, -0.25) is 9.59 Å². The van der Waals surface area contributed by atoms with E-state index in [9.17, 15) is 14.7 Å². The Balaban J connectivity index is 1.53. The van der Waals surface area contributed by atoms with E-state index >= 15 is 0 Å². The quantitative estimate of drug-likeness (QED) is 0.854. The predicted molar refractivity (Wildman–Crippen MR) is 99.9 cm³/mol. The summed E-state index contributed by atoms with van der Waals surface area (Å²) in [7, 11) is 0. The molecule has 0 saturated carbocycles. The number of carbonyl (C=O) groups is 2. The molecule has 2 fully saturated rings. The summed E-state index contributed by atoms with van der Waals surface area (Å²) in [6, 6.07) is 4.88. The Morgan fingerprint density at radius 1 is 1.25 bits per heavy atom. The number of tetrazole rings is 1. The molecule has 9 nitrogen and oxygen atoms in total. The van der Waals surface area contributed by atoms with Crippen LogP contribution in [0.2, 0.25) is 0 Å². The van der Waals surface area contributed by atoms with Gasteiger partial charge in [0.1, 0.15) is 12.1 Å². The molecule has 2 saturated heterocycles. The SMILES string of the molecule is CC(C)N1CCCC2(CCN(C(=O)c3ccc(-n4cnnn4)cc3O)C2)C1=O. The van der Waals surface area contributed by atoms with E-state index in [4.69, 9.17) is 0 Å². The first kappa shape index (κ1) is 18.4. The number of rotatable bonds is 3. The number of aromatic nitrogens is 4. The van der Waals surface area contributed by atoms with E-state index in [0.717, 1.165) is 19.4 Å². The van der Waals surface area contributed by atoms with Crippen LogP contribution in [0.5, 0.6) is 5.75 Å². The minimum atomic E-state index is -0.486. The van der Waals surface area contributed by atoms with Gasteiger partial charge in [0.25, 0.3) is 5.91 Å². The number of hydrogen-bond donors (Lipinski definition) is 1. The van der Waals surface area contributed by atoms with Crippen LogP contribution in [0.4, 0.5) is 0 Å². The summed E-state index contributed by atoms with van der Waals surface area (Å²) in [4.78, 5) is 29.7. The fraction of sp³-hybridized carbons (Fsp3) is 0.526. The molecule has 2 aromatic rings. The van der Waals surface area contributed by atoms with Gasteiger partial charge in [-0.05, 0) is 55.7 Å². The van der Waals surface area contributed by atoms with Crippen molar-refractivity contribution < 1.29 is 14.7 Å². The summed E-state index contributed by atoms with van der Waals surface area (Å²) >= 11 is 0. The van der Waals surface area contributed by atoms with E-state index in [0.29, 0.717) is 25.2 Å². The number of phenolic OH excluding ortho intramolecular Hbond substituents is 1. The van der Waals surface area contributed by atoms with Gasteiger partial charge in [-0.15, -0.1) is 5.10 Å². The number of likely N-dealkylation sites (tertiary alicyclic amines) is 2. The molecule has 2 aliphatic rings. The Morgan fingerprint density at radius 3 is 2.75 bits per heavy atom. The van der Waals surface area contributed by atoms with Gasteiger partial charge in [0, 0.05) is 31.7 Å². The highest BCUT2D eigenvalue weighted by Crippen LogP contribution is 2.41. The maximum absolute atomic E-state index is 13.1. The highest BCUT2D eigenvalue weighted by molar-refractivity contribution is 5.98. The maximum atomic E-state index is 13.1. The van der Waals surface area contributed by atoms with Crippen LogP contribution in [-0.4, -0.2) is 72.6 Å². The molecule has 1 unspecified atom stereocenters. The molecule has 1 aromatic carbocycles. The third kappa shape index (κ3) is 3.00. The second-order valence-electron chi connectivity index (χ2n) is 7.91. The number of nitrogens with zero attached hydrogens (tertiary/aromatic N) is 6. The number of hydrogen-bond acceptors (Lipinski definition) is 6. The lowest BCUT2D eigenvalue weighted by atomic mass is 9.78. The standard InChI is InChI=1S/C19H24N6O3/c1-13(2)24-8-3-6-19(18(24)28)7-9-23(11-19)17(27)15-5-4-14(10-16(15)26)25-12-20-21-22-25/h4-5,10,12-13,26H,3,6-9,11H2,1-2H3. The van der Waals surface area contributed by atoms with Crippen molar-refractivity contribution in [2.24, 2.45) is 5.41 Å². The number of piperidine rings is 1. The van der Waals surface area contributed by atoms with E-state index in [1.807, 2.05) is 18.7 Å². The molecule has 9 heteroatoms. The average Bonchev–Trinajstić information content (AvgIpc) is 3.34. The van der Waals surface area contributed by atoms with E-state index in [1.54, 1.807) is 17.0 Å². The van der Waals surface area contributed by atoms with E-state index in [2.05, 4.69) is 15.5 Å². The number of carbonyl (C=O) groups excluding carboxylic acids is 2. The van der Waals surface area contributed by atoms with Gasteiger partial charge < -0.3 is 14.9 Å². The fourth-order valence-electron chi connectivity index (χ4n) is 4.31. The molecule has 1 atom stereocenters. The molecular weight excluding hydrogens is 360 g/mol. The summed E-state index contributed by atoms with van der Waals surface area (Å²) in [6.07, 6.45) is 3.85. The maximum Gasteiger partial charge on any atom is 0.257 e. The van der Waals surface area contributed by atoms with Crippen molar-refractivity contribution in [2.45, 2.75) is 39.2 Å². The molecule has 1 aromatic heterocycles. The van der Waals surface area contributed by atoms with Crippen molar-refractivity contribution in [3.63, 3.8) is 0 Å². The van der Waals surface area contributed by atoms with Gasteiger partial charge in [0.2, 0.25) is 5.91 Å². The van der Waals surface area contributed by atoms with Crippen LogP contribution < -0.4 is 0 Å². The average molecular weight is 384 g/mol. The second kappa shape index (κ2) is 6.88. The van der Waals surface area contributed by atoms with Gasteiger partial charge in [-0.2, -0.15) is 0 Å². The zero-order valence-corrected chi connectivity index (χ0v) is 16.1. The lowest BCUT2D eigenvalue weighted by molar-refractivity contribution is -0.147. The van der Waals surface area contributed by atoms with Crippen molar-refractivity contribution in [3.05, 3.63) is 30.1 Å². The van der Waals surface area contributed by atoms with E-state index in [-0.39, 0.29) is 29.2 Å². The first-order valence-electron chi connectivity index (χ1n) is 9.58. The Morgan fingerprint density at radius 2 is 2.07 bits per heavy atom. The van der Waals surface area contributed by atoms with Gasteiger partial charge >= 0.3 is 0 Å². The normalized spacial score (nSPS) is 22.5. The van der Waals surface area contributed by atoms with Crippen molar-refractivity contribution >= 4 is 11.8 Å². The van der Waals surface area contributed by atoms with Crippen LogP contribution in [0.3, 0.4) is 0 Å². The molecule has 28 heavy (non-hydrogen) atoms. The minimum absolute atomic E-state index is 0.127. The minimum Gasteiger partial charge on any atom is -0.507 e. The summed E-state index contributed by atoms with van der Waals surface area (Å²) in [5.41, 5.74) is 0.296. The summed E-state index contributed by atoms with van der Waals surface area (Å²) in [5.74, 6) is -0.229. The van der Waals surface area contributed by atoms with E-state index in [1.165, 1.54) is 17.1 Å². The lowest BCUT2D eigenvalue weighted by Crippen LogP contribution is -2.52. The molecular formula is C19H24N6O3. The molecule has 148 valence electrons. The van der Waals surface area contributed by atoms with Crippen LogP contribution in [0, 0.1) is 5.41 Å². The second-order valence-corrected chi connectivity index (χ2v) is 7.91. The molecule has 0 aliphatic carbocycles. The molecule has 2 amide bonds. The number of aromatic hydroxyl groups is 1. The Bertz CT molecular complexity index is 897. The van der Waals surface area contributed by atoms with Crippen LogP contribution in [-0.2, 0) is 4.79 Å². The topological polar surface area (TPSA) is 104 Å². The zero-order chi connectivity index (χ0) is 19.9. The van der Waals surface area contributed by atoms with Crippen LogP contribution in [0.15, 0.2) is 24.5 Å². The fourth-order valence-corrected chi connectivity index (χ4v) is 4.31. The van der Waals surface area contributed by atoms with Gasteiger partial charge in [-0.25, -0.2) is 4.68 Å². The van der Waals surface area contributed by atoms with Gasteiger partial charge in [0.15, 0.2) is 0 Å². The number of benzene rings is 1. The summed E-state index contributed by atoms with van der Waals surface area (Å²) < 4.78 is 1.40. The third-order valence-corrected chi connectivity index (χ3v) is 5.86. The van der Waals surface area contributed by atoms with Gasteiger partial charge in [-0.1, -0.05) is 0 Å². The molecule has 4 rings (SSSR count). The Hall–Kier alpha value is -2.97. The molecule has 3 heterocycles. The molecule has 1 spiro atoms. The predicted octanol–water partition coefficient (Wildman–Crippen LogP) is 1.23. The number of phenols is 1. The summed E-state index contributed by atoms with van der Waals surface area (Å²) in [6.45, 7) is 5.76. The molecule has 0 bridgehead atoms. The Kier molecular flexibility index (Phi) is 4.52. The molecule has 1 N–H and O–H groups in total. The van der Waals surface area contributed by atoms with E-state index < -0.39 is 5.41 Å². The smallest absolute Gasteiger partial charge is 0.257 e. The van der Waals surface area contributed by atoms with Crippen LogP contribution in [0.25, 0.3) is 5.69 Å². The third-order valence-electron chi connectivity index (χ3n) is 5.86. The highest BCUT2D eigenvalue weighted by Gasteiger charge is 2.50. The number of amides is 2. The van der Waals surface area contributed by atoms with Crippen molar-refractivity contribution in [1.82, 2.24) is 30.0 Å². The zero-order valence-electron chi connectivity index (χ0n) is 16.1. The molecule has 2 aliphatic heterocycles. The molecule has 0 radical (unpaired) electrons. The first-order chi connectivity index (χ1) is 13.4. The summed E-state index contributed by atoms with van der Waals surface area (Å²) in [5, 5.41) is 21.3. The van der Waals surface area contributed by atoms with Crippen molar-refractivity contribution in [1.29, 1.82) is 0 Å².